The highest BCUT2D eigenvalue weighted by Crippen LogP contribution is 2.28. The minimum Gasteiger partial charge on any atom is -0.396 e. The lowest BCUT2D eigenvalue weighted by Crippen LogP contribution is -2.01. The van der Waals surface area contributed by atoms with Crippen molar-refractivity contribution in [3.8, 4) is 0 Å². The second-order valence-corrected chi connectivity index (χ2v) is 4.17. The fourth-order valence-electron chi connectivity index (χ4n) is 1.99. The summed E-state index contributed by atoms with van der Waals surface area (Å²) in [5.74, 6) is 0.385. The van der Waals surface area contributed by atoms with Gasteiger partial charge in [-0.05, 0) is 29.9 Å². The van der Waals surface area contributed by atoms with E-state index in [1.54, 1.807) is 0 Å². The molecule has 1 aliphatic rings. The second-order valence-electron chi connectivity index (χ2n) is 4.17. The Bertz CT molecular complexity index is 352. The zero-order chi connectivity index (χ0) is 9.97. The molecule has 0 radical (unpaired) electrons. The Kier molecular flexibility index (Phi) is 2.69. The lowest BCUT2D eigenvalue weighted by atomic mass is 10.0. The molecule has 0 bridgehead atoms. The number of allylic oxidation sites excluding steroid dienone is 1. The molecule has 0 aliphatic heterocycles. The topological polar surface area (TPSA) is 20.2 Å². The van der Waals surface area contributed by atoms with Crippen molar-refractivity contribution in [2.45, 2.75) is 19.8 Å². The van der Waals surface area contributed by atoms with Crippen LogP contribution in [0.3, 0.4) is 0 Å². The van der Waals surface area contributed by atoms with Crippen LogP contribution in [0, 0.1) is 5.92 Å². The molecule has 0 amide bonds. The van der Waals surface area contributed by atoms with Gasteiger partial charge in [0, 0.05) is 6.61 Å². The highest BCUT2D eigenvalue weighted by molar-refractivity contribution is 5.63. The first-order valence-corrected chi connectivity index (χ1v) is 5.18. The van der Waals surface area contributed by atoms with Gasteiger partial charge in [-0.15, -0.1) is 0 Å². The number of rotatable bonds is 3. The lowest BCUT2D eigenvalue weighted by Gasteiger charge is -2.07. The highest BCUT2D eigenvalue weighted by Gasteiger charge is 2.13. The third kappa shape index (κ3) is 1.88. The molecule has 1 atom stereocenters. The third-order valence-electron chi connectivity index (χ3n) is 2.75. The zero-order valence-electron chi connectivity index (χ0n) is 8.53. The fraction of sp³-hybridized carbons (Fsp3) is 0.385. The Morgan fingerprint density at radius 2 is 2.14 bits per heavy atom. The largest absolute Gasteiger partial charge is 0.396 e. The van der Waals surface area contributed by atoms with Crippen LogP contribution in [0.25, 0.3) is 6.08 Å². The molecule has 1 heteroatoms. The van der Waals surface area contributed by atoms with Crippen molar-refractivity contribution in [3.63, 3.8) is 0 Å². The maximum atomic E-state index is 8.98. The van der Waals surface area contributed by atoms with Crippen molar-refractivity contribution in [2.24, 2.45) is 5.92 Å². The van der Waals surface area contributed by atoms with E-state index < -0.39 is 0 Å². The fourth-order valence-corrected chi connectivity index (χ4v) is 1.99. The molecule has 1 aromatic rings. The van der Waals surface area contributed by atoms with E-state index in [0.29, 0.717) is 5.92 Å². The molecule has 1 nitrogen and oxygen atoms in total. The molecule has 2 rings (SSSR count). The molecular formula is C13H16O. The van der Waals surface area contributed by atoms with Gasteiger partial charge < -0.3 is 5.11 Å². The van der Waals surface area contributed by atoms with E-state index in [1.807, 2.05) is 0 Å². The molecule has 14 heavy (non-hydrogen) atoms. The van der Waals surface area contributed by atoms with Crippen molar-refractivity contribution in [2.75, 3.05) is 6.61 Å². The van der Waals surface area contributed by atoms with Gasteiger partial charge >= 0.3 is 0 Å². The van der Waals surface area contributed by atoms with E-state index in [4.69, 9.17) is 5.11 Å². The van der Waals surface area contributed by atoms with Crippen LogP contribution in [0.15, 0.2) is 29.8 Å². The summed E-state index contributed by atoms with van der Waals surface area (Å²) in [7, 11) is 0. The van der Waals surface area contributed by atoms with Gasteiger partial charge in [0.05, 0.1) is 0 Å². The number of aliphatic hydroxyl groups is 1. The Labute approximate surface area is 85.1 Å². The van der Waals surface area contributed by atoms with Gasteiger partial charge in [0.25, 0.3) is 0 Å². The van der Waals surface area contributed by atoms with Gasteiger partial charge in [-0.3, -0.25) is 0 Å². The van der Waals surface area contributed by atoms with Gasteiger partial charge in [0.15, 0.2) is 0 Å². The van der Waals surface area contributed by atoms with Crippen LogP contribution >= 0.6 is 0 Å². The molecule has 0 saturated heterocycles. The summed E-state index contributed by atoms with van der Waals surface area (Å²) in [6.07, 6.45) is 4.35. The van der Waals surface area contributed by atoms with Gasteiger partial charge in [0.2, 0.25) is 0 Å². The number of hydrogen-bond donors (Lipinski definition) is 1. The van der Waals surface area contributed by atoms with Gasteiger partial charge in [-0.25, -0.2) is 0 Å². The first kappa shape index (κ1) is 9.47. The Hall–Kier alpha value is -1.08. The Morgan fingerprint density at radius 3 is 2.86 bits per heavy atom. The number of benzene rings is 1. The number of hydrogen-bond acceptors (Lipinski definition) is 1. The van der Waals surface area contributed by atoms with E-state index in [0.717, 1.165) is 12.8 Å². The average molecular weight is 188 g/mol. The Morgan fingerprint density at radius 1 is 1.36 bits per heavy atom. The standard InChI is InChI=1S/C13H16O/c1-10(9-14)6-11-7-12-4-2-3-5-13(12)8-11/h2-5,7,10,14H,6,8-9H2,1H3. The molecule has 0 saturated carbocycles. The summed E-state index contributed by atoms with van der Waals surface area (Å²) in [6.45, 7) is 2.37. The smallest absolute Gasteiger partial charge is 0.0459 e. The van der Waals surface area contributed by atoms with Crippen LogP contribution in [0.5, 0.6) is 0 Å². The zero-order valence-corrected chi connectivity index (χ0v) is 8.53. The van der Waals surface area contributed by atoms with Crippen molar-refractivity contribution in [3.05, 3.63) is 41.0 Å². The van der Waals surface area contributed by atoms with Gasteiger partial charge in [-0.1, -0.05) is 42.8 Å². The quantitative estimate of drug-likeness (QED) is 0.773. The first-order valence-electron chi connectivity index (χ1n) is 5.18. The summed E-state index contributed by atoms with van der Waals surface area (Å²) in [5.41, 5.74) is 4.23. The summed E-state index contributed by atoms with van der Waals surface area (Å²) in [5, 5.41) is 8.98. The van der Waals surface area contributed by atoms with E-state index in [1.165, 1.54) is 16.7 Å². The molecule has 1 N–H and O–H groups in total. The van der Waals surface area contributed by atoms with Crippen LogP contribution in [-0.4, -0.2) is 11.7 Å². The van der Waals surface area contributed by atoms with Crippen molar-refractivity contribution in [1.82, 2.24) is 0 Å². The van der Waals surface area contributed by atoms with Crippen LogP contribution in [-0.2, 0) is 6.42 Å². The molecule has 0 fully saturated rings. The van der Waals surface area contributed by atoms with Gasteiger partial charge in [0.1, 0.15) is 0 Å². The number of aliphatic hydroxyl groups excluding tert-OH is 1. The normalized spacial score (nSPS) is 16.3. The highest BCUT2D eigenvalue weighted by atomic mass is 16.3. The average Bonchev–Trinajstić information content (AvgIpc) is 2.59. The van der Waals surface area contributed by atoms with E-state index in [-0.39, 0.29) is 6.61 Å². The predicted octanol–water partition coefficient (Wildman–Crippen LogP) is 2.64. The van der Waals surface area contributed by atoms with Crippen LogP contribution in [0.2, 0.25) is 0 Å². The molecule has 0 aromatic heterocycles. The minimum absolute atomic E-state index is 0.285. The molecule has 1 unspecified atom stereocenters. The van der Waals surface area contributed by atoms with E-state index in [9.17, 15) is 0 Å². The summed E-state index contributed by atoms with van der Waals surface area (Å²) < 4.78 is 0. The maximum Gasteiger partial charge on any atom is 0.0459 e. The maximum absolute atomic E-state index is 8.98. The number of fused-ring (bicyclic) bond motifs is 1. The predicted molar refractivity (Wildman–Crippen MR) is 59.0 cm³/mol. The molecular weight excluding hydrogens is 172 g/mol. The molecule has 0 spiro atoms. The Balaban J connectivity index is 2.08. The summed E-state index contributed by atoms with van der Waals surface area (Å²) in [4.78, 5) is 0. The second kappa shape index (κ2) is 3.97. The van der Waals surface area contributed by atoms with Crippen molar-refractivity contribution in [1.29, 1.82) is 0 Å². The van der Waals surface area contributed by atoms with E-state index >= 15 is 0 Å². The lowest BCUT2D eigenvalue weighted by molar-refractivity contribution is 0.236. The molecule has 0 heterocycles. The van der Waals surface area contributed by atoms with E-state index in [2.05, 4.69) is 37.3 Å². The first-order chi connectivity index (χ1) is 6.79. The van der Waals surface area contributed by atoms with Crippen LogP contribution in [0.4, 0.5) is 0 Å². The monoisotopic (exact) mass is 188 g/mol. The van der Waals surface area contributed by atoms with Crippen molar-refractivity contribution < 1.29 is 5.11 Å². The van der Waals surface area contributed by atoms with Crippen LogP contribution in [0.1, 0.15) is 24.5 Å². The molecule has 74 valence electrons. The summed E-state index contributed by atoms with van der Waals surface area (Å²) in [6, 6.07) is 8.51. The SMILES string of the molecule is CC(CO)CC1=Cc2ccccc2C1. The molecule has 1 aliphatic carbocycles. The molecule has 1 aromatic carbocycles. The van der Waals surface area contributed by atoms with Gasteiger partial charge in [-0.2, -0.15) is 0 Å². The van der Waals surface area contributed by atoms with Crippen molar-refractivity contribution >= 4 is 6.08 Å². The summed E-state index contributed by atoms with van der Waals surface area (Å²) >= 11 is 0. The third-order valence-corrected chi connectivity index (χ3v) is 2.75. The van der Waals surface area contributed by atoms with Crippen LogP contribution < -0.4 is 0 Å². The minimum atomic E-state index is 0.285.